The Labute approximate surface area is 253 Å². The molecule has 4 nitrogen and oxygen atoms in total. The second-order valence-corrected chi connectivity index (χ2v) is 14.6. The van der Waals surface area contributed by atoms with E-state index in [0.29, 0.717) is 9.79 Å². The summed E-state index contributed by atoms with van der Waals surface area (Å²) in [7, 11) is -4.34. The van der Waals surface area contributed by atoms with Crippen LogP contribution in [0, 0.1) is 0 Å². The maximum Gasteiger partial charge on any atom is 0.494 e. The van der Waals surface area contributed by atoms with E-state index in [-0.39, 0.29) is 0 Å². The summed E-state index contributed by atoms with van der Waals surface area (Å²) < 4.78 is 41.5. The van der Waals surface area contributed by atoms with Crippen LogP contribution in [-0.4, -0.2) is 26.7 Å². The summed E-state index contributed by atoms with van der Waals surface area (Å²) in [5.74, 6) is 0. The third-order valence-electron chi connectivity index (χ3n) is 9.97. The molecule has 0 saturated carbocycles. The molecule has 5 aromatic carbocycles. The van der Waals surface area contributed by atoms with Crippen LogP contribution in [0.2, 0.25) is 0 Å². The Kier molecular flexibility index (Phi) is 5.45. The molecule has 0 unspecified atom stereocenters. The normalized spacial score (nSPS) is 19.4. The van der Waals surface area contributed by atoms with Crippen LogP contribution in [0.1, 0.15) is 49.9 Å². The number of sulfone groups is 1. The fourth-order valence-electron chi connectivity index (χ4n) is 7.24. The summed E-state index contributed by atoms with van der Waals surface area (Å²) in [6.07, 6.45) is 0. The molecule has 43 heavy (non-hydrogen) atoms. The van der Waals surface area contributed by atoms with Crippen molar-refractivity contribution in [3.63, 3.8) is 0 Å². The maximum absolute atomic E-state index is 14.2. The molecule has 6 heteroatoms. The number of rotatable bonds is 1. The smallest absolute Gasteiger partial charge is 0.399 e. The van der Waals surface area contributed by atoms with Crippen molar-refractivity contribution >= 4 is 22.4 Å². The maximum atomic E-state index is 14.2. The molecule has 2 aliphatic heterocycles. The van der Waals surface area contributed by atoms with Crippen molar-refractivity contribution in [2.45, 2.75) is 54.1 Å². The minimum atomic E-state index is -3.77. The van der Waals surface area contributed by atoms with E-state index < -0.39 is 33.6 Å². The average Bonchev–Trinajstić information content (AvgIpc) is 3.17. The second kappa shape index (κ2) is 8.79. The van der Waals surface area contributed by atoms with Crippen LogP contribution in [0.3, 0.4) is 0 Å². The van der Waals surface area contributed by atoms with Crippen LogP contribution >= 0.6 is 0 Å². The molecule has 1 aliphatic carbocycles. The van der Waals surface area contributed by atoms with Gasteiger partial charge in [-0.2, -0.15) is 0 Å². The first-order chi connectivity index (χ1) is 20.6. The molecule has 0 N–H and O–H groups in total. The predicted molar refractivity (Wildman–Crippen MR) is 170 cm³/mol. The standard InChI is InChI=1S/C37H31BO4S/c1-35(2)36(3,4)42-38(41-35)24-21-22-28-26-14-6-5-13-25(26)27-15-7-8-16-29(27)37(32(28)23-24)30-17-9-11-19-33(30)43(39,40)34-20-12-10-18-31(34)37/h5-23H,1-4H3. The summed E-state index contributed by atoms with van der Waals surface area (Å²) in [6, 6.07) is 38.4. The molecule has 5 aromatic rings. The molecule has 0 bridgehead atoms. The quantitative estimate of drug-likeness (QED) is 0.193. The molecule has 0 radical (unpaired) electrons. The van der Waals surface area contributed by atoms with Crippen molar-refractivity contribution < 1.29 is 17.7 Å². The fraction of sp³-hybridized carbons (Fsp3) is 0.189. The van der Waals surface area contributed by atoms with Crippen molar-refractivity contribution in [3.8, 4) is 22.3 Å². The number of hydrogen-bond donors (Lipinski definition) is 0. The molecule has 0 aromatic heterocycles. The summed E-state index contributed by atoms with van der Waals surface area (Å²) in [5.41, 5.74) is 6.87. The zero-order chi connectivity index (χ0) is 29.8. The molecule has 1 saturated heterocycles. The largest absolute Gasteiger partial charge is 0.494 e. The molecule has 0 amide bonds. The van der Waals surface area contributed by atoms with Crippen LogP contribution < -0.4 is 5.46 Å². The van der Waals surface area contributed by atoms with Crippen molar-refractivity contribution in [3.05, 3.63) is 138 Å². The van der Waals surface area contributed by atoms with Crippen molar-refractivity contribution in [1.29, 1.82) is 0 Å². The summed E-state index contributed by atoms with van der Waals surface area (Å²) in [6.45, 7) is 8.23. The van der Waals surface area contributed by atoms with E-state index in [9.17, 15) is 8.42 Å². The Morgan fingerprint density at radius 2 is 0.953 bits per heavy atom. The molecular weight excluding hydrogens is 551 g/mol. The lowest BCUT2D eigenvalue weighted by molar-refractivity contribution is 0.00578. The monoisotopic (exact) mass is 582 g/mol. The minimum absolute atomic E-state index is 0.335. The van der Waals surface area contributed by atoms with Gasteiger partial charge in [-0.3, -0.25) is 0 Å². The predicted octanol–water partition coefficient (Wildman–Crippen LogP) is 7.16. The van der Waals surface area contributed by atoms with Gasteiger partial charge in [0.05, 0.1) is 26.4 Å². The van der Waals surface area contributed by atoms with Gasteiger partial charge in [0.1, 0.15) is 0 Å². The highest BCUT2D eigenvalue weighted by Gasteiger charge is 2.54. The van der Waals surface area contributed by atoms with Gasteiger partial charge in [0.15, 0.2) is 0 Å². The SMILES string of the molecule is CC1(C)OB(c2ccc3c(c2)C2(c4ccccc4-c4ccccc4-3)c3ccccc3S(=O)(=O)c3ccccc32)OC1(C)C. The molecule has 0 atom stereocenters. The molecule has 3 aliphatic rings. The topological polar surface area (TPSA) is 52.6 Å². The first kappa shape index (κ1) is 26.6. The van der Waals surface area contributed by atoms with Gasteiger partial charge in [-0.15, -0.1) is 0 Å². The lowest BCUT2D eigenvalue weighted by Gasteiger charge is -2.42. The van der Waals surface area contributed by atoms with Gasteiger partial charge in [-0.1, -0.05) is 103 Å². The molecule has 1 fully saturated rings. The van der Waals surface area contributed by atoms with E-state index in [0.717, 1.165) is 50.0 Å². The first-order valence-electron chi connectivity index (χ1n) is 14.7. The van der Waals surface area contributed by atoms with Crippen LogP contribution in [-0.2, 0) is 24.6 Å². The third-order valence-corrected chi connectivity index (χ3v) is 11.8. The van der Waals surface area contributed by atoms with Crippen molar-refractivity contribution in [2.24, 2.45) is 0 Å². The van der Waals surface area contributed by atoms with Gasteiger partial charge >= 0.3 is 7.12 Å². The summed E-state index contributed by atoms with van der Waals surface area (Å²) in [4.78, 5) is 0.669. The molecule has 1 spiro atoms. The van der Waals surface area contributed by atoms with Crippen LogP contribution in [0.15, 0.2) is 125 Å². The lowest BCUT2D eigenvalue weighted by Crippen LogP contribution is -2.41. The number of fused-ring (bicyclic) bond motifs is 11. The van der Waals surface area contributed by atoms with Gasteiger partial charge in [0.25, 0.3) is 0 Å². The number of hydrogen-bond acceptors (Lipinski definition) is 4. The first-order valence-corrected chi connectivity index (χ1v) is 16.2. The van der Waals surface area contributed by atoms with Crippen molar-refractivity contribution in [2.75, 3.05) is 0 Å². The van der Waals surface area contributed by atoms with Gasteiger partial charge < -0.3 is 9.31 Å². The van der Waals surface area contributed by atoms with E-state index in [1.165, 1.54) is 0 Å². The molecular formula is C37H31BO4S. The number of benzene rings is 5. The molecule has 2 heterocycles. The Morgan fingerprint density at radius 1 is 0.512 bits per heavy atom. The highest BCUT2D eigenvalue weighted by atomic mass is 32.2. The highest BCUT2D eigenvalue weighted by Crippen LogP contribution is 2.59. The Morgan fingerprint density at radius 3 is 1.51 bits per heavy atom. The molecule has 212 valence electrons. The lowest BCUT2D eigenvalue weighted by atomic mass is 9.62. The van der Waals surface area contributed by atoms with Crippen molar-refractivity contribution in [1.82, 2.24) is 0 Å². The van der Waals surface area contributed by atoms with Crippen LogP contribution in [0.25, 0.3) is 22.3 Å². The van der Waals surface area contributed by atoms with Gasteiger partial charge in [0, 0.05) is 0 Å². The second-order valence-electron chi connectivity index (χ2n) is 12.7. The zero-order valence-corrected chi connectivity index (χ0v) is 25.4. The van der Waals surface area contributed by atoms with Gasteiger partial charge in [-0.05, 0) is 89.8 Å². The van der Waals surface area contributed by atoms with E-state index in [4.69, 9.17) is 9.31 Å². The van der Waals surface area contributed by atoms with Gasteiger partial charge in [0.2, 0.25) is 9.84 Å². The minimum Gasteiger partial charge on any atom is -0.399 e. The van der Waals surface area contributed by atoms with E-state index >= 15 is 0 Å². The Balaban J connectivity index is 1.56. The van der Waals surface area contributed by atoms with E-state index in [2.05, 4.69) is 94.4 Å². The Bertz CT molecular complexity index is 2010. The van der Waals surface area contributed by atoms with Gasteiger partial charge in [-0.25, -0.2) is 8.42 Å². The van der Waals surface area contributed by atoms with E-state index in [1.54, 1.807) is 12.1 Å². The fourth-order valence-corrected chi connectivity index (χ4v) is 9.01. The highest BCUT2D eigenvalue weighted by molar-refractivity contribution is 7.91. The van der Waals surface area contributed by atoms with Crippen LogP contribution in [0.5, 0.6) is 0 Å². The molecule has 8 rings (SSSR count). The van der Waals surface area contributed by atoms with E-state index in [1.807, 2.05) is 36.4 Å². The third kappa shape index (κ3) is 3.43. The Hall–Kier alpha value is -3.97. The summed E-state index contributed by atoms with van der Waals surface area (Å²) >= 11 is 0. The average molecular weight is 583 g/mol. The summed E-state index contributed by atoms with van der Waals surface area (Å²) in [5, 5.41) is 0. The zero-order valence-electron chi connectivity index (χ0n) is 24.6. The van der Waals surface area contributed by atoms with Crippen LogP contribution in [0.4, 0.5) is 0 Å².